The summed E-state index contributed by atoms with van der Waals surface area (Å²) in [6.45, 7) is 24.3. The van der Waals surface area contributed by atoms with Crippen LogP contribution in [0.4, 0.5) is 0 Å². The molecule has 0 atom stereocenters. The number of nitrogens with zero attached hydrogens (tertiary/aromatic N) is 3. The van der Waals surface area contributed by atoms with Crippen LogP contribution >= 0.6 is 0 Å². The molecule has 0 spiro atoms. The van der Waals surface area contributed by atoms with Crippen LogP contribution in [0, 0.1) is 20.8 Å². The topological polar surface area (TPSA) is 66.4 Å². The highest BCUT2D eigenvalue weighted by Crippen LogP contribution is 2.33. The lowest BCUT2D eigenvalue weighted by atomic mass is 10.0. The predicted octanol–water partition coefficient (Wildman–Crippen LogP) is 9.53. The molecule has 0 amide bonds. The molecule has 0 radical (unpaired) electrons. The number of hydrogen-bond acceptors (Lipinski definition) is 6. The molecule has 0 aliphatic heterocycles. The molecule has 0 saturated heterocycles. The molecule has 216 valence electrons. The molecule has 0 saturated carbocycles. The average Bonchev–Trinajstić information content (AvgIpc) is 2.88. The monoisotopic (exact) mass is 561 g/mol. The highest BCUT2D eigenvalue weighted by Gasteiger charge is 2.17. The fourth-order valence-corrected chi connectivity index (χ4v) is 4.57. The van der Waals surface area contributed by atoms with E-state index in [4.69, 9.17) is 14.2 Å². The third kappa shape index (κ3) is 8.40. The second kappa shape index (κ2) is 13.3. The Morgan fingerprint density at radius 1 is 0.500 bits per heavy atom. The maximum atomic E-state index is 6.26. The summed E-state index contributed by atoms with van der Waals surface area (Å²) in [4.78, 5) is 13.6. The van der Waals surface area contributed by atoms with Gasteiger partial charge in [-0.25, -0.2) is 0 Å². The first-order chi connectivity index (χ1) is 19.9. The highest BCUT2D eigenvalue weighted by molar-refractivity contribution is 5.43. The minimum Gasteiger partial charge on any atom is -0.424 e. The van der Waals surface area contributed by atoms with Crippen molar-refractivity contribution in [2.75, 3.05) is 0 Å². The maximum absolute atomic E-state index is 6.26. The van der Waals surface area contributed by atoms with Gasteiger partial charge in [-0.3, -0.25) is 0 Å². The normalized spacial score (nSPS) is 10.7. The fraction of sp³-hybridized carbons (Fsp3) is 0.250. The van der Waals surface area contributed by atoms with Crippen LogP contribution in [0.1, 0.15) is 54.2 Å². The Kier molecular flexibility index (Phi) is 9.58. The van der Waals surface area contributed by atoms with Crippen LogP contribution in [0.15, 0.2) is 91.1 Å². The molecule has 3 aromatic carbocycles. The smallest absolute Gasteiger partial charge is 0.331 e. The Morgan fingerprint density at radius 3 is 1.00 bits per heavy atom. The van der Waals surface area contributed by atoms with E-state index in [1.54, 1.807) is 0 Å². The summed E-state index contributed by atoms with van der Waals surface area (Å²) in [5.41, 5.74) is 9.37. The van der Waals surface area contributed by atoms with Crippen LogP contribution in [0.3, 0.4) is 0 Å². The molecular weight excluding hydrogens is 522 g/mol. The first-order valence-corrected chi connectivity index (χ1v) is 14.0. The van der Waals surface area contributed by atoms with Gasteiger partial charge in [-0.1, -0.05) is 89.5 Å². The number of hydrogen-bond donors (Lipinski definition) is 0. The molecule has 0 bridgehead atoms. The third-order valence-electron chi connectivity index (χ3n) is 6.30. The van der Waals surface area contributed by atoms with Gasteiger partial charge in [-0.2, -0.15) is 0 Å². The van der Waals surface area contributed by atoms with Crippen LogP contribution in [0.2, 0.25) is 0 Å². The van der Waals surface area contributed by atoms with Crippen molar-refractivity contribution in [2.24, 2.45) is 0 Å². The minimum absolute atomic E-state index is 0.0592. The molecule has 42 heavy (non-hydrogen) atoms. The van der Waals surface area contributed by atoms with Crippen LogP contribution in [0.25, 0.3) is 0 Å². The highest BCUT2D eigenvalue weighted by atomic mass is 16.5. The molecular formula is C36H39N3O3. The van der Waals surface area contributed by atoms with E-state index < -0.39 is 0 Å². The molecule has 6 nitrogen and oxygen atoms in total. The molecule has 1 aromatic heterocycles. The zero-order chi connectivity index (χ0) is 30.4. The standard InChI is InChI=1S/C36H39N3O3/c1-22(2)16-28-19-25(7)10-13-31(28)40-34-37-35(41-32-14-11-26(8)20-29(32)17-23(3)4)39-36(38-34)42-33-15-12-27(9)21-30(33)18-24(5)6/h10-15,19-21H,1,3,5,16-18H2,2,4,6-9H3. The van der Waals surface area contributed by atoms with Crippen LogP contribution in [-0.4, -0.2) is 15.0 Å². The summed E-state index contributed by atoms with van der Waals surface area (Å²) >= 11 is 0. The van der Waals surface area contributed by atoms with Crippen molar-refractivity contribution >= 4 is 0 Å². The van der Waals surface area contributed by atoms with Crippen molar-refractivity contribution in [1.29, 1.82) is 0 Å². The quantitative estimate of drug-likeness (QED) is 0.160. The van der Waals surface area contributed by atoms with Gasteiger partial charge in [0.2, 0.25) is 0 Å². The van der Waals surface area contributed by atoms with Crippen LogP contribution in [-0.2, 0) is 19.3 Å². The molecule has 0 aliphatic carbocycles. The van der Waals surface area contributed by atoms with Gasteiger partial charge in [0, 0.05) is 0 Å². The van der Waals surface area contributed by atoms with Gasteiger partial charge >= 0.3 is 18.0 Å². The summed E-state index contributed by atoms with van der Waals surface area (Å²) in [7, 11) is 0. The van der Waals surface area contributed by atoms with E-state index in [1.807, 2.05) is 77.9 Å². The zero-order valence-electron chi connectivity index (χ0n) is 25.5. The maximum Gasteiger partial charge on any atom is 0.331 e. The lowest BCUT2D eigenvalue weighted by molar-refractivity contribution is 0.359. The lowest BCUT2D eigenvalue weighted by Crippen LogP contribution is -2.04. The minimum atomic E-state index is 0.0592. The van der Waals surface area contributed by atoms with Gasteiger partial charge in [0.25, 0.3) is 0 Å². The Morgan fingerprint density at radius 2 is 0.762 bits per heavy atom. The summed E-state index contributed by atoms with van der Waals surface area (Å²) in [6.07, 6.45) is 1.99. The Bertz CT molecular complexity index is 1450. The zero-order valence-corrected chi connectivity index (χ0v) is 25.5. The summed E-state index contributed by atoms with van der Waals surface area (Å²) < 4.78 is 18.8. The number of ether oxygens (including phenoxy) is 3. The number of aryl methyl sites for hydroxylation is 3. The summed E-state index contributed by atoms with van der Waals surface area (Å²) in [5, 5.41) is 0. The molecule has 0 unspecified atom stereocenters. The number of benzene rings is 3. The van der Waals surface area contributed by atoms with Crippen molar-refractivity contribution in [3.05, 3.63) is 124 Å². The van der Waals surface area contributed by atoms with E-state index in [0.29, 0.717) is 36.5 Å². The van der Waals surface area contributed by atoms with Gasteiger partial charge in [-0.05, 0) is 95.7 Å². The van der Waals surface area contributed by atoms with Gasteiger partial charge < -0.3 is 14.2 Å². The van der Waals surface area contributed by atoms with E-state index in [2.05, 4.69) is 52.9 Å². The first-order valence-electron chi connectivity index (χ1n) is 14.0. The van der Waals surface area contributed by atoms with Crippen molar-refractivity contribution < 1.29 is 14.2 Å². The van der Waals surface area contributed by atoms with Crippen molar-refractivity contribution in [3.63, 3.8) is 0 Å². The van der Waals surface area contributed by atoms with Crippen LogP contribution in [0.5, 0.6) is 35.3 Å². The predicted molar refractivity (Wildman–Crippen MR) is 169 cm³/mol. The largest absolute Gasteiger partial charge is 0.424 e. The van der Waals surface area contributed by atoms with E-state index in [9.17, 15) is 0 Å². The Balaban J connectivity index is 1.78. The Labute approximate surface area is 249 Å². The van der Waals surface area contributed by atoms with Crippen molar-refractivity contribution in [3.8, 4) is 35.3 Å². The van der Waals surface area contributed by atoms with Crippen molar-refractivity contribution in [2.45, 2.75) is 60.8 Å². The summed E-state index contributed by atoms with van der Waals surface area (Å²) in [6, 6.07) is 18.1. The molecule has 0 N–H and O–H groups in total. The van der Waals surface area contributed by atoms with Crippen molar-refractivity contribution in [1.82, 2.24) is 15.0 Å². The van der Waals surface area contributed by atoms with E-state index in [-0.39, 0.29) is 18.0 Å². The van der Waals surface area contributed by atoms with E-state index in [0.717, 1.165) is 50.1 Å². The molecule has 0 aliphatic rings. The average molecular weight is 562 g/mol. The molecule has 6 heteroatoms. The van der Waals surface area contributed by atoms with Gasteiger partial charge in [0.05, 0.1) is 0 Å². The van der Waals surface area contributed by atoms with Gasteiger partial charge in [0.1, 0.15) is 17.2 Å². The SMILES string of the molecule is C=C(C)Cc1cc(C)ccc1Oc1nc(Oc2ccc(C)cc2CC(=C)C)nc(Oc2ccc(C)cc2CC(=C)C)n1. The molecule has 1 heterocycles. The second-order valence-electron chi connectivity index (χ2n) is 11.2. The molecule has 4 rings (SSSR count). The fourth-order valence-electron chi connectivity index (χ4n) is 4.57. The second-order valence-corrected chi connectivity index (χ2v) is 11.2. The third-order valence-corrected chi connectivity index (χ3v) is 6.30. The van der Waals surface area contributed by atoms with E-state index in [1.165, 1.54) is 0 Å². The first kappa shape index (κ1) is 30.3. The van der Waals surface area contributed by atoms with Gasteiger partial charge in [0.15, 0.2) is 0 Å². The molecule has 0 fully saturated rings. The lowest BCUT2D eigenvalue weighted by Gasteiger charge is -2.15. The number of rotatable bonds is 12. The van der Waals surface area contributed by atoms with Crippen LogP contribution < -0.4 is 14.2 Å². The Hall–Kier alpha value is -4.71. The number of allylic oxidation sites excluding steroid dienone is 3. The molecule has 4 aromatic rings. The number of aromatic nitrogens is 3. The van der Waals surface area contributed by atoms with E-state index >= 15 is 0 Å². The summed E-state index contributed by atoms with van der Waals surface area (Å²) in [5.74, 6) is 1.88. The van der Waals surface area contributed by atoms with Gasteiger partial charge in [-0.15, -0.1) is 15.0 Å².